The van der Waals surface area contributed by atoms with E-state index in [9.17, 15) is 8.42 Å². The molecule has 0 atom stereocenters. The van der Waals surface area contributed by atoms with Crippen LogP contribution in [0.3, 0.4) is 0 Å². The van der Waals surface area contributed by atoms with Crippen molar-refractivity contribution in [1.29, 1.82) is 0 Å². The molecule has 30 heavy (non-hydrogen) atoms. The Morgan fingerprint density at radius 3 is 2.57 bits per heavy atom. The highest BCUT2D eigenvalue weighted by atomic mass is 32.2. The van der Waals surface area contributed by atoms with E-state index in [1.54, 1.807) is 36.4 Å². The molecule has 6 nitrogen and oxygen atoms in total. The van der Waals surface area contributed by atoms with Crippen LogP contribution in [-0.2, 0) is 16.6 Å². The second-order valence-electron chi connectivity index (χ2n) is 6.91. The number of nitrogens with one attached hydrogen (secondary N) is 1. The zero-order valence-electron chi connectivity index (χ0n) is 16.8. The van der Waals surface area contributed by atoms with Gasteiger partial charge in [-0.1, -0.05) is 42.0 Å². The molecule has 0 aliphatic carbocycles. The number of rotatable bonds is 6. The standard InChI is InChI=1S/C23H22N2O4S/c1-3-28-21-14-18(11-12-20(21)29-15-17-8-6-7-16(2)13-17)23-24-19-9-4-5-10-22(19)30(26,27)25-23/h4-14H,3,15H2,1-2H3,(H,24,25). The molecule has 1 N–H and O–H groups in total. The fraction of sp³-hybridized carbons (Fsp3) is 0.174. The Kier molecular flexibility index (Phi) is 5.46. The smallest absolute Gasteiger partial charge is 0.286 e. The zero-order chi connectivity index (χ0) is 21.1. The van der Waals surface area contributed by atoms with E-state index in [1.165, 1.54) is 11.6 Å². The molecule has 7 heteroatoms. The van der Waals surface area contributed by atoms with Crippen molar-refractivity contribution >= 4 is 21.5 Å². The third-order valence-electron chi connectivity index (χ3n) is 4.62. The Labute approximate surface area is 176 Å². The van der Waals surface area contributed by atoms with Gasteiger partial charge in [0.05, 0.1) is 12.3 Å². The molecule has 1 aliphatic rings. The molecule has 0 aromatic heterocycles. The average Bonchev–Trinajstić information content (AvgIpc) is 2.72. The molecule has 0 bridgehead atoms. The van der Waals surface area contributed by atoms with Crippen molar-refractivity contribution in [2.24, 2.45) is 4.40 Å². The van der Waals surface area contributed by atoms with Gasteiger partial charge in [-0.05, 0) is 49.7 Å². The maximum Gasteiger partial charge on any atom is 0.286 e. The molecule has 0 fully saturated rings. The highest BCUT2D eigenvalue weighted by molar-refractivity contribution is 7.90. The Morgan fingerprint density at radius 2 is 1.77 bits per heavy atom. The van der Waals surface area contributed by atoms with Crippen LogP contribution in [0.15, 0.2) is 76.0 Å². The van der Waals surface area contributed by atoms with Crippen LogP contribution in [0.5, 0.6) is 11.5 Å². The summed E-state index contributed by atoms with van der Waals surface area (Å²) in [6.45, 7) is 4.77. The third kappa shape index (κ3) is 4.16. The number of aryl methyl sites for hydroxylation is 1. The van der Waals surface area contributed by atoms with Gasteiger partial charge in [-0.2, -0.15) is 8.42 Å². The normalized spacial score (nSPS) is 14.3. The molecular formula is C23H22N2O4S. The predicted molar refractivity (Wildman–Crippen MR) is 117 cm³/mol. The molecule has 0 saturated heterocycles. The largest absolute Gasteiger partial charge is 0.490 e. The van der Waals surface area contributed by atoms with Gasteiger partial charge in [-0.25, -0.2) is 0 Å². The minimum absolute atomic E-state index is 0.164. The number of hydrogen-bond donors (Lipinski definition) is 1. The van der Waals surface area contributed by atoms with Crippen LogP contribution in [0.2, 0.25) is 0 Å². The van der Waals surface area contributed by atoms with E-state index in [1.807, 2.05) is 32.0 Å². The van der Waals surface area contributed by atoms with E-state index in [0.29, 0.717) is 36.0 Å². The van der Waals surface area contributed by atoms with Gasteiger partial charge < -0.3 is 14.8 Å². The SMILES string of the molecule is CCOc1cc(C2=NS(=O)(=O)c3ccccc3N2)ccc1OCc1cccc(C)c1. The number of fused-ring (bicyclic) bond motifs is 1. The summed E-state index contributed by atoms with van der Waals surface area (Å²) in [7, 11) is -3.77. The second kappa shape index (κ2) is 8.20. The molecule has 0 amide bonds. The van der Waals surface area contributed by atoms with Gasteiger partial charge in [0.1, 0.15) is 11.5 Å². The van der Waals surface area contributed by atoms with Crippen molar-refractivity contribution in [1.82, 2.24) is 0 Å². The van der Waals surface area contributed by atoms with Gasteiger partial charge in [0.2, 0.25) is 0 Å². The first-order chi connectivity index (χ1) is 14.5. The number of para-hydroxylation sites is 1. The predicted octanol–water partition coefficient (Wildman–Crippen LogP) is 4.53. The monoisotopic (exact) mass is 422 g/mol. The quantitative estimate of drug-likeness (QED) is 0.631. The van der Waals surface area contributed by atoms with Crippen molar-refractivity contribution in [2.75, 3.05) is 11.9 Å². The summed E-state index contributed by atoms with van der Waals surface area (Å²) in [5, 5.41) is 3.10. The van der Waals surface area contributed by atoms with Crippen LogP contribution < -0.4 is 14.8 Å². The minimum Gasteiger partial charge on any atom is -0.490 e. The van der Waals surface area contributed by atoms with Crippen molar-refractivity contribution in [2.45, 2.75) is 25.3 Å². The Hall–Kier alpha value is -3.32. The summed E-state index contributed by atoms with van der Waals surface area (Å²) in [5.41, 5.74) is 3.32. The lowest BCUT2D eigenvalue weighted by Crippen LogP contribution is -2.22. The molecule has 0 unspecified atom stereocenters. The summed E-state index contributed by atoms with van der Waals surface area (Å²) in [5.74, 6) is 1.37. The van der Waals surface area contributed by atoms with Gasteiger partial charge >= 0.3 is 0 Å². The van der Waals surface area contributed by atoms with E-state index in [0.717, 1.165) is 5.56 Å². The molecule has 154 valence electrons. The molecule has 1 heterocycles. The average molecular weight is 423 g/mol. The number of anilines is 1. The number of ether oxygens (including phenoxy) is 2. The maximum atomic E-state index is 12.5. The van der Waals surface area contributed by atoms with E-state index in [2.05, 4.69) is 15.8 Å². The lowest BCUT2D eigenvalue weighted by atomic mass is 10.1. The van der Waals surface area contributed by atoms with Crippen LogP contribution in [-0.4, -0.2) is 20.9 Å². The number of amidine groups is 1. The summed E-state index contributed by atoms with van der Waals surface area (Å²) >= 11 is 0. The number of hydrogen-bond acceptors (Lipinski definition) is 5. The summed E-state index contributed by atoms with van der Waals surface area (Å²) in [6.07, 6.45) is 0. The van der Waals surface area contributed by atoms with Crippen LogP contribution in [0, 0.1) is 6.92 Å². The Morgan fingerprint density at radius 1 is 0.933 bits per heavy atom. The maximum absolute atomic E-state index is 12.5. The molecule has 3 aromatic rings. The van der Waals surface area contributed by atoms with Crippen LogP contribution in [0.25, 0.3) is 0 Å². The Balaban J connectivity index is 1.63. The van der Waals surface area contributed by atoms with Gasteiger partial charge in [-0.3, -0.25) is 0 Å². The topological polar surface area (TPSA) is 77.0 Å². The van der Waals surface area contributed by atoms with Gasteiger partial charge in [-0.15, -0.1) is 4.40 Å². The molecule has 0 spiro atoms. The minimum atomic E-state index is -3.77. The first kappa shape index (κ1) is 20.0. The van der Waals surface area contributed by atoms with Gasteiger partial charge in [0.25, 0.3) is 10.0 Å². The van der Waals surface area contributed by atoms with E-state index < -0.39 is 10.0 Å². The van der Waals surface area contributed by atoms with E-state index >= 15 is 0 Å². The van der Waals surface area contributed by atoms with Crippen molar-refractivity contribution < 1.29 is 17.9 Å². The molecule has 1 aliphatic heterocycles. The third-order valence-corrected chi connectivity index (χ3v) is 5.96. The lowest BCUT2D eigenvalue weighted by Gasteiger charge is -2.19. The summed E-state index contributed by atoms with van der Waals surface area (Å²) in [4.78, 5) is 0.164. The van der Waals surface area contributed by atoms with Crippen molar-refractivity contribution in [3.8, 4) is 11.5 Å². The first-order valence-electron chi connectivity index (χ1n) is 9.63. The van der Waals surface area contributed by atoms with Crippen molar-refractivity contribution in [3.63, 3.8) is 0 Å². The molecule has 4 rings (SSSR count). The van der Waals surface area contributed by atoms with E-state index in [-0.39, 0.29) is 10.7 Å². The molecule has 0 saturated carbocycles. The zero-order valence-corrected chi connectivity index (χ0v) is 17.6. The summed E-state index contributed by atoms with van der Waals surface area (Å²) < 4.78 is 40.7. The fourth-order valence-electron chi connectivity index (χ4n) is 3.25. The molecule has 0 radical (unpaired) electrons. The van der Waals surface area contributed by atoms with E-state index in [4.69, 9.17) is 9.47 Å². The highest BCUT2D eigenvalue weighted by Crippen LogP contribution is 2.32. The fourth-order valence-corrected chi connectivity index (χ4v) is 4.38. The van der Waals surface area contributed by atoms with Crippen LogP contribution >= 0.6 is 0 Å². The first-order valence-corrected chi connectivity index (χ1v) is 11.1. The number of nitrogens with zero attached hydrogens (tertiary/aromatic N) is 1. The van der Waals surface area contributed by atoms with Crippen molar-refractivity contribution in [3.05, 3.63) is 83.4 Å². The lowest BCUT2D eigenvalue weighted by molar-refractivity contribution is 0.269. The number of sulfonamides is 1. The molecule has 3 aromatic carbocycles. The van der Waals surface area contributed by atoms with Gasteiger partial charge in [0.15, 0.2) is 17.3 Å². The van der Waals surface area contributed by atoms with Gasteiger partial charge in [0, 0.05) is 5.56 Å². The number of benzene rings is 3. The summed E-state index contributed by atoms with van der Waals surface area (Å²) in [6, 6.07) is 20.1. The van der Waals surface area contributed by atoms with Crippen LogP contribution in [0.1, 0.15) is 23.6 Å². The Bertz CT molecular complexity index is 1220. The molecular weight excluding hydrogens is 400 g/mol. The highest BCUT2D eigenvalue weighted by Gasteiger charge is 2.25. The second-order valence-corrected chi connectivity index (χ2v) is 8.48. The van der Waals surface area contributed by atoms with Crippen LogP contribution in [0.4, 0.5) is 5.69 Å².